The zero-order chi connectivity index (χ0) is 16.6. The molecule has 3 rings (SSSR count). The smallest absolute Gasteiger partial charge is 0.299 e. The van der Waals surface area contributed by atoms with Gasteiger partial charge in [-0.1, -0.05) is 12.1 Å². The highest BCUT2D eigenvalue weighted by Gasteiger charge is 2.30. The molecule has 0 N–H and O–H groups in total. The summed E-state index contributed by atoms with van der Waals surface area (Å²) in [5, 5.41) is 4.24. The molecule has 1 aromatic heterocycles. The molecule has 0 fully saturated rings. The van der Waals surface area contributed by atoms with Crippen molar-refractivity contribution in [2.75, 3.05) is 17.2 Å². The predicted molar refractivity (Wildman–Crippen MR) is 91.1 cm³/mol. The Hall–Kier alpha value is -2.08. The van der Waals surface area contributed by atoms with E-state index in [1.807, 2.05) is 31.2 Å². The summed E-state index contributed by atoms with van der Waals surface area (Å²) in [5.74, 6) is -0.00567. The number of Topliss-reactive ketones (excluding diaryl/α,β-unsaturated/α-hetero) is 1. The first kappa shape index (κ1) is 15.8. The molecule has 0 saturated carbocycles. The van der Waals surface area contributed by atoms with Crippen LogP contribution >= 0.6 is 11.8 Å². The van der Waals surface area contributed by atoms with Gasteiger partial charge in [-0.25, -0.2) is 0 Å². The molecule has 2 heterocycles. The number of anilines is 1. The maximum Gasteiger partial charge on any atom is 0.299 e. The minimum absolute atomic E-state index is 0.423. The van der Waals surface area contributed by atoms with Gasteiger partial charge in [-0.15, -0.1) is 11.8 Å². The molecule has 0 aliphatic carbocycles. The summed E-state index contributed by atoms with van der Waals surface area (Å²) >= 11 is 1.73. The van der Waals surface area contributed by atoms with E-state index in [0.717, 1.165) is 28.5 Å². The topological polar surface area (TPSA) is 55.2 Å². The van der Waals surface area contributed by atoms with Gasteiger partial charge in [0.1, 0.15) is 0 Å². The largest absolute Gasteiger partial charge is 0.304 e. The molecule has 1 amide bonds. The standard InChI is InChI=1S/C17H19N3O2S/c1-11-15(12(2)19(3)18-11)16(21)17(22)20-9-6-10-23-14-8-5-4-7-13(14)20/h4-5,7-8H,6,9-10H2,1-3H3. The number of hydrogen-bond donors (Lipinski definition) is 0. The van der Waals surface area contributed by atoms with Gasteiger partial charge in [0, 0.05) is 24.2 Å². The Morgan fingerprint density at radius 2 is 1.96 bits per heavy atom. The van der Waals surface area contributed by atoms with E-state index in [4.69, 9.17) is 0 Å². The minimum atomic E-state index is -0.477. The maximum absolute atomic E-state index is 12.9. The van der Waals surface area contributed by atoms with Gasteiger partial charge in [0.05, 0.1) is 16.9 Å². The van der Waals surface area contributed by atoms with E-state index in [2.05, 4.69) is 5.10 Å². The summed E-state index contributed by atoms with van der Waals surface area (Å²) in [5.41, 5.74) is 2.57. The van der Waals surface area contributed by atoms with Crippen molar-refractivity contribution in [3.8, 4) is 0 Å². The molecule has 0 saturated heterocycles. The molecule has 0 atom stereocenters. The van der Waals surface area contributed by atoms with Crippen LogP contribution in [0.2, 0.25) is 0 Å². The van der Waals surface area contributed by atoms with Crippen molar-refractivity contribution in [1.29, 1.82) is 0 Å². The Morgan fingerprint density at radius 1 is 1.22 bits per heavy atom. The van der Waals surface area contributed by atoms with Crippen LogP contribution in [-0.2, 0) is 11.8 Å². The summed E-state index contributed by atoms with van der Waals surface area (Å²) in [6, 6.07) is 7.76. The van der Waals surface area contributed by atoms with Gasteiger partial charge < -0.3 is 4.90 Å². The SMILES string of the molecule is Cc1nn(C)c(C)c1C(=O)C(=O)N1CCCSc2ccccc21. The van der Waals surface area contributed by atoms with Crippen LogP contribution in [0.25, 0.3) is 0 Å². The van der Waals surface area contributed by atoms with Gasteiger partial charge in [0.25, 0.3) is 11.7 Å². The number of aromatic nitrogens is 2. The number of nitrogens with zero attached hydrogens (tertiary/aromatic N) is 3. The third-order valence-corrected chi connectivity index (χ3v) is 5.26. The third kappa shape index (κ3) is 2.79. The molecule has 0 spiro atoms. The molecule has 120 valence electrons. The lowest BCUT2D eigenvalue weighted by atomic mass is 10.1. The number of hydrogen-bond acceptors (Lipinski definition) is 4. The van der Waals surface area contributed by atoms with Gasteiger partial charge in [-0.2, -0.15) is 5.10 Å². The minimum Gasteiger partial charge on any atom is -0.304 e. The number of rotatable bonds is 2. The first-order chi connectivity index (χ1) is 11.0. The van der Waals surface area contributed by atoms with Gasteiger partial charge in [-0.05, 0) is 38.2 Å². The number of thioether (sulfide) groups is 1. The van der Waals surface area contributed by atoms with Crippen molar-refractivity contribution in [2.24, 2.45) is 7.05 Å². The van der Waals surface area contributed by atoms with E-state index in [-0.39, 0.29) is 0 Å². The number of benzene rings is 1. The van der Waals surface area contributed by atoms with Crippen LogP contribution in [0.4, 0.5) is 5.69 Å². The van der Waals surface area contributed by atoms with Crippen molar-refractivity contribution >= 4 is 29.1 Å². The van der Waals surface area contributed by atoms with E-state index >= 15 is 0 Å². The molecule has 1 aliphatic heterocycles. The van der Waals surface area contributed by atoms with Crippen LogP contribution in [-0.4, -0.2) is 33.8 Å². The highest BCUT2D eigenvalue weighted by molar-refractivity contribution is 7.99. The molecule has 6 heteroatoms. The number of ketones is 1. The van der Waals surface area contributed by atoms with Crippen molar-refractivity contribution < 1.29 is 9.59 Å². The second kappa shape index (κ2) is 6.20. The third-order valence-electron chi connectivity index (χ3n) is 4.12. The highest BCUT2D eigenvalue weighted by atomic mass is 32.2. The van der Waals surface area contributed by atoms with Crippen molar-refractivity contribution in [3.05, 3.63) is 41.2 Å². The second-order valence-electron chi connectivity index (χ2n) is 5.63. The first-order valence-electron chi connectivity index (χ1n) is 7.59. The lowest BCUT2D eigenvalue weighted by Gasteiger charge is -2.21. The van der Waals surface area contributed by atoms with Crippen LogP contribution in [0.15, 0.2) is 29.2 Å². The molecule has 23 heavy (non-hydrogen) atoms. The van der Waals surface area contributed by atoms with Gasteiger partial charge in [0.15, 0.2) is 0 Å². The normalized spacial score (nSPS) is 14.3. The summed E-state index contributed by atoms with van der Waals surface area (Å²) in [6.45, 7) is 4.14. The summed E-state index contributed by atoms with van der Waals surface area (Å²) in [4.78, 5) is 28.3. The molecule has 0 bridgehead atoms. The van der Waals surface area contributed by atoms with Crippen LogP contribution in [0.1, 0.15) is 28.2 Å². The lowest BCUT2D eigenvalue weighted by molar-refractivity contribution is -0.114. The Balaban J connectivity index is 1.98. The van der Waals surface area contributed by atoms with Crippen molar-refractivity contribution in [3.63, 3.8) is 0 Å². The quantitative estimate of drug-likeness (QED) is 0.628. The molecular formula is C17H19N3O2S. The van der Waals surface area contributed by atoms with Gasteiger partial charge in [0.2, 0.25) is 0 Å². The highest BCUT2D eigenvalue weighted by Crippen LogP contribution is 2.34. The van der Waals surface area contributed by atoms with Crippen LogP contribution in [0.5, 0.6) is 0 Å². The Labute approximate surface area is 139 Å². The number of fused-ring (bicyclic) bond motifs is 1. The van der Waals surface area contributed by atoms with E-state index in [1.165, 1.54) is 0 Å². The van der Waals surface area contributed by atoms with Gasteiger partial charge in [-0.3, -0.25) is 14.3 Å². The summed E-state index contributed by atoms with van der Waals surface area (Å²) in [7, 11) is 1.78. The zero-order valence-electron chi connectivity index (χ0n) is 13.5. The second-order valence-corrected chi connectivity index (χ2v) is 6.76. The Morgan fingerprint density at radius 3 is 2.65 bits per heavy atom. The van der Waals surface area contributed by atoms with Crippen LogP contribution in [0.3, 0.4) is 0 Å². The molecule has 1 aromatic carbocycles. The van der Waals surface area contributed by atoms with Crippen molar-refractivity contribution in [2.45, 2.75) is 25.2 Å². The first-order valence-corrected chi connectivity index (χ1v) is 8.57. The Bertz CT molecular complexity index is 782. The fourth-order valence-corrected chi connectivity index (χ4v) is 3.86. The van der Waals surface area contributed by atoms with Crippen LogP contribution in [0, 0.1) is 13.8 Å². The molecule has 0 radical (unpaired) electrons. The van der Waals surface area contributed by atoms with E-state index < -0.39 is 11.7 Å². The van der Waals surface area contributed by atoms with E-state index in [9.17, 15) is 9.59 Å². The number of carbonyl (C=O) groups is 2. The maximum atomic E-state index is 12.9. The fourth-order valence-electron chi connectivity index (χ4n) is 2.87. The monoisotopic (exact) mass is 329 g/mol. The van der Waals surface area contributed by atoms with E-state index in [1.54, 1.807) is 35.3 Å². The zero-order valence-corrected chi connectivity index (χ0v) is 14.3. The number of carbonyl (C=O) groups excluding carboxylic acids is 2. The molecule has 1 aliphatic rings. The average molecular weight is 329 g/mol. The number of para-hydroxylation sites is 1. The number of aryl methyl sites for hydroxylation is 2. The Kier molecular flexibility index (Phi) is 4.26. The predicted octanol–water partition coefficient (Wildman–Crippen LogP) is 2.75. The average Bonchev–Trinajstić information content (AvgIpc) is 2.71. The van der Waals surface area contributed by atoms with Crippen LogP contribution < -0.4 is 4.90 Å². The fraction of sp³-hybridized carbons (Fsp3) is 0.353. The summed E-state index contributed by atoms with van der Waals surface area (Å²) < 4.78 is 1.64. The number of amides is 1. The van der Waals surface area contributed by atoms with Gasteiger partial charge >= 0.3 is 0 Å². The molecular weight excluding hydrogens is 310 g/mol. The summed E-state index contributed by atoms with van der Waals surface area (Å²) in [6.07, 6.45) is 0.864. The molecule has 5 nitrogen and oxygen atoms in total. The molecule has 2 aromatic rings. The van der Waals surface area contributed by atoms with Crippen molar-refractivity contribution in [1.82, 2.24) is 9.78 Å². The lowest BCUT2D eigenvalue weighted by Crippen LogP contribution is -2.37. The molecule has 0 unspecified atom stereocenters. The van der Waals surface area contributed by atoms with E-state index in [0.29, 0.717) is 17.8 Å².